The molecule has 1 heterocycles. The first-order valence-electron chi connectivity index (χ1n) is 11.7. The predicted molar refractivity (Wildman–Crippen MR) is 136 cm³/mol. The number of aliphatic hydroxyl groups excluding tert-OH is 1. The molecule has 1 fully saturated rings. The average Bonchev–Trinajstić information content (AvgIpc) is 3.17. The second-order valence-electron chi connectivity index (χ2n) is 8.47. The summed E-state index contributed by atoms with van der Waals surface area (Å²) >= 11 is 0. The third kappa shape index (κ3) is 4.60. The summed E-state index contributed by atoms with van der Waals surface area (Å²) in [6, 6.07) is 19.6. The van der Waals surface area contributed by atoms with E-state index in [0.29, 0.717) is 29.0 Å². The van der Waals surface area contributed by atoms with E-state index < -0.39 is 23.7 Å². The first kappa shape index (κ1) is 24.7. The maximum absolute atomic E-state index is 13.4. The number of ether oxygens (including phenoxy) is 2. The number of hydrogen-bond donors (Lipinski definition) is 1. The van der Waals surface area contributed by atoms with Crippen molar-refractivity contribution in [3.8, 4) is 5.75 Å². The summed E-state index contributed by atoms with van der Waals surface area (Å²) < 4.78 is 10.6. The molecule has 1 aliphatic rings. The van der Waals surface area contributed by atoms with Crippen LogP contribution < -0.4 is 9.64 Å². The topological polar surface area (TPSA) is 93.1 Å². The van der Waals surface area contributed by atoms with E-state index in [1.807, 2.05) is 32.0 Å². The molecule has 0 saturated carbocycles. The molecule has 184 valence electrons. The van der Waals surface area contributed by atoms with Crippen molar-refractivity contribution in [1.82, 2.24) is 0 Å². The van der Waals surface area contributed by atoms with Crippen LogP contribution in [0.4, 0.5) is 5.69 Å². The Morgan fingerprint density at radius 1 is 1.00 bits per heavy atom. The second kappa shape index (κ2) is 10.5. The fourth-order valence-electron chi connectivity index (χ4n) is 4.30. The van der Waals surface area contributed by atoms with Crippen molar-refractivity contribution >= 4 is 29.1 Å². The number of hydrogen-bond acceptors (Lipinski definition) is 6. The van der Waals surface area contributed by atoms with Crippen molar-refractivity contribution < 1.29 is 29.0 Å². The number of carbonyl (C=O) groups is 3. The van der Waals surface area contributed by atoms with Crippen LogP contribution >= 0.6 is 0 Å². The number of carbonyl (C=O) groups excluding carboxylic acids is 3. The Kier molecular flexibility index (Phi) is 7.20. The minimum atomic E-state index is -0.920. The van der Waals surface area contributed by atoms with Crippen LogP contribution in [0.25, 0.3) is 5.76 Å². The summed E-state index contributed by atoms with van der Waals surface area (Å²) in [5, 5.41) is 11.4. The van der Waals surface area contributed by atoms with Gasteiger partial charge in [-0.25, -0.2) is 4.79 Å². The lowest BCUT2D eigenvalue weighted by atomic mass is 9.94. The van der Waals surface area contributed by atoms with Crippen LogP contribution in [-0.4, -0.2) is 36.5 Å². The van der Waals surface area contributed by atoms with E-state index in [0.717, 1.165) is 5.56 Å². The molecule has 1 atom stereocenters. The van der Waals surface area contributed by atoms with Crippen LogP contribution in [-0.2, 0) is 14.3 Å². The van der Waals surface area contributed by atoms with E-state index in [1.54, 1.807) is 48.5 Å². The van der Waals surface area contributed by atoms with Gasteiger partial charge in [-0.3, -0.25) is 14.5 Å². The lowest BCUT2D eigenvalue weighted by molar-refractivity contribution is -0.132. The fourth-order valence-corrected chi connectivity index (χ4v) is 4.30. The van der Waals surface area contributed by atoms with Gasteiger partial charge in [0.2, 0.25) is 0 Å². The molecule has 0 aliphatic carbocycles. The van der Waals surface area contributed by atoms with Crippen LogP contribution in [0.15, 0.2) is 78.4 Å². The minimum Gasteiger partial charge on any atom is -0.507 e. The first-order valence-corrected chi connectivity index (χ1v) is 11.7. The minimum absolute atomic E-state index is 0.0611. The van der Waals surface area contributed by atoms with Gasteiger partial charge < -0.3 is 14.6 Å². The molecule has 3 aromatic carbocycles. The van der Waals surface area contributed by atoms with Gasteiger partial charge in [-0.2, -0.15) is 0 Å². The van der Waals surface area contributed by atoms with Crippen LogP contribution in [0.2, 0.25) is 0 Å². The van der Waals surface area contributed by atoms with Gasteiger partial charge in [0.15, 0.2) is 0 Å². The van der Waals surface area contributed by atoms with Crippen molar-refractivity contribution in [3.05, 3.63) is 101 Å². The van der Waals surface area contributed by atoms with Crippen molar-refractivity contribution in [2.24, 2.45) is 0 Å². The third-order valence-corrected chi connectivity index (χ3v) is 5.96. The number of para-hydroxylation sites is 1. The summed E-state index contributed by atoms with van der Waals surface area (Å²) in [4.78, 5) is 40.6. The summed E-state index contributed by atoms with van der Waals surface area (Å²) in [7, 11) is 1.46. The molecule has 1 unspecified atom stereocenters. The van der Waals surface area contributed by atoms with Crippen molar-refractivity contribution in [2.45, 2.75) is 26.3 Å². The number of amides is 1. The molecular formula is C29H27NO6. The average molecular weight is 486 g/mol. The molecule has 1 N–H and O–H groups in total. The number of methoxy groups -OCH3 is 1. The highest BCUT2D eigenvalue weighted by Gasteiger charge is 2.47. The number of esters is 1. The van der Waals surface area contributed by atoms with E-state index in [9.17, 15) is 19.5 Å². The van der Waals surface area contributed by atoms with E-state index in [2.05, 4.69) is 0 Å². The Bertz CT molecular complexity index is 1360. The lowest BCUT2D eigenvalue weighted by Crippen LogP contribution is -2.29. The van der Waals surface area contributed by atoms with Gasteiger partial charge in [0.25, 0.3) is 11.7 Å². The SMILES string of the molecule is CCCOC(=O)c1cccc(N2C(=O)C(=O)/C(=C(/O)c3ccccc3OC)C2c2cccc(C)c2)c1. The summed E-state index contributed by atoms with van der Waals surface area (Å²) in [5.41, 5.74) is 2.41. The Hall–Kier alpha value is -4.39. The van der Waals surface area contributed by atoms with Crippen molar-refractivity contribution in [1.29, 1.82) is 0 Å². The highest BCUT2D eigenvalue weighted by Crippen LogP contribution is 2.43. The van der Waals surface area contributed by atoms with Gasteiger partial charge in [0.05, 0.1) is 36.5 Å². The zero-order valence-corrected chi connectivity index (χ0v) is 20.4. The number of aliphatic hydroxyl groups is 1. The molecule has 3 aromatic rings. The van der Waals surface area contributed by atoms with E-state index >= 15 is 0 Å². The zero-order chi connectivity index (χ0) is 25.8. The largest absolute Gasteiger partial charge is 0.507 e. The highest BCUT2D eigenvalue weighted by molar-refractivity contribution is 6.51. The quantitative estimate of drug-likeness (QED) is 0.214. The summed E-state index contributed by atoms with van der Waals surface area (Å²) in [5.74, 6) is -2.12. The number of nitrogens with zero attached hydrogens (tertiary/aromatic N) is 1. The molecule has 7 heteroatoms. The third-order valence-electron chi connectivity index (χ3n) is 5.96. The molecule has 1 amide bonds. The van der Waals surface area contributed by atoms with Crippen LogP contribution in [0.5, 0.6) is 5.75 Å². The zero-order valence-electron chi connectivity index (χ0n) is 20.4. The number of anilines is 1. The monoisotopic (exact) mass is 485 g/mol. The number of rotatable bonds is 7. The molecule has 36 heavy (non-hydrogen) atoms. The Morgan fingerprint density at radius 3 is 2.47 bits per heavy atom. The Balaban J connectivity index is 1.91. The van der Waals surface area contributed by atoms with Gasteiger partial charge in [-0.1, -0.05) is 55.0 Å². The molecule has 0 spiro atoms. The van der Waals surface area contributed by atoms with Gasteiger partial charge in [0.1, 0.15) is 11.5 Å². The van der Waals surface area contributed by atoms with Crippen LogP contribution in [0.1, 0.15) is 46.4 Å². The molecular weight excluding hydrogens is 458 g/mol. The smallest absolute Gasteiger partial charge is 0.338 e. The molecule has 4 rings (SSSR count). The summed E-state index contributed by atoms with van der Waals surface area (Å²) in [6.07, 6.45) is 0.677. The maximum Gasteiger partial charge on any atom is 0.338 e. The molecule has 1 saturated heterocycles. The summed E-state index contributed by atoms with van der Waals surface area (Å²) in [6.45, 7) is 4.07. The number of benzene rings is 3. The second-order valence-corrected chi connectivity index (χ2v) is 8.47. The predicted octanol–water partition coefficient (Wildman–Crippen LogP) is 5.20. The molecule has 0 radical (unpaired) electrons. The molecule has 1 aliphatic heterocycles. The molecule has 0 bridgehead atoms. The standard InChI is InChI=1S/C29H27NO6/c1-4-15-36-29(34)20-11-8-12-21(17-20)30-25(19-10-7-9-18(2)16-19)24(27(32)28(30)33)26(31)22-13-5-6-14-23(22)35-3/h5-14,16-17,25,31H,4,15H2,1-3H3/b26-24+. The molecule has 7 nitrogen and oxygen atoms in total. The maximum atomic E-state index is 13.4. The Labute approximate surface area is 209 Å². The molecule has 0 aromatic heterocycles. The van der Waals surface area contributed by atoms with Gasteiger partial charge in [-0.15, -0.1) is 0 Å². The van der Waals surface area contributed by atoms with Gasteiger partial charge in [-0.05, 0) is 49.2 Å². The normalized spacial score (nSPS) is 16.8. The van der Waals surface area contributed by atoms with Crippen LogP contribution in [0, 0.1) is 6.92 Å². The van der Waals surface area contributed by atoms with E-state index in [1.165, 1.54) is 18.1 Å². The van der Waals surface area contributed by atoms with Crippen molar-refractivity contribution in [3.63, 3.8) is 0 Å². The van der Waals surface area contributed by atoms with E-state index in [4.69, 9.17) is 9.47 Å². The number of aryl methyl sites for hydroxylation is 1. The first-order chi connectivity index (χ1) is 17.4. The Morgan fingerprint density at radius 2 is 1.75 bits per heavy atom. The lowest BCUT2D eigenvalue weighted by Gasteiger charge is -2.26. The number of ketones is 1. The number of Topliss-reactive ketones (excluding diaryl/α,β-unsaturated/α-hetero) is 1. The highest BCUT2D eigenvalue weighted by atomic mass is 16.5. The van der Waals surface area contributed by atoms with E-state index in [-0.39, 0.29) is 23.5 Å². The van der Waals surface area contributed by atoms with Crippen LogP contribution in [0.3, 0.4) is 0 Å². The van der Waals surface area contributed by atoms with Gasteiger partial charge in [0, 0.05) is 5.69 Å². The fraction of sp³-hybridized carbons (Fsp3) is 0.207. The van der Waals surface area contributed by atoms with Crippen molar-refractivity contribution in [2.75, 3.05) is 18.6 Å². The van der Waals surface area contributed by atoms with Gasteiger partial charge >= 0.3 is 5.97 Å².